The molecule has 4 nitrogen and oxygen atoms in total. The van der Waals surface area contributed by atoms with Gasteiger partial charge in [-0.05, 0) is 12.1 Å². The molecule has 0 aliphatic carbocycles. The van der Waals surface area contributed by atoms with Crippen molar-refractivity contribution in [1.82, 2.24) is 4.98 Å². The zero-order valence-electron chi connectivity index (χ0n) is 7.36. The average molecular weight is 175 g/mol. The summed E-state index contributed by atoms with van der Waals surface area (Å²) < 4.78 is 1.96. The fraction of sp³-hybridized carbons (Fsp3) is 0.111. The van der Waals surface area contributed by atoms with Crippen molar-refractivity contribution in [3.63, 3.8) is 0 Å². The van der Waals surface area contributed by atoms with Crippen LogP contribution in [0.2, 0.25) is 0 Å². The van der Waals surface area contributed by atoms with Crippen molar-refractivity contribution in [3.05, 3.63) is 24.3 Å². The average Bonchev–Trinajstić information content (AvgIpc) is 2.46. The molecule has 0 unspecified atom stereocenters. The Balaban J connectivity index is 2.73. The molecular formula is C9H11N4+. The van der Waals surface area contributed by atoms with Gasteiger partial charge in [0.1, 0.15) is 11.0 Å². The number of nitrogens with two attached hydrogens (primary N) is 1. The summed E-state index contributed by atoms with van der Waals surface area (Å²) in [6, 6.07) is 8.01. The molecular weight excluding hydrogens is 164 g/mol. The summed E-state index contributed by atoms with van der Waals surface area (Å²) in [5, 5.41) is 0. The topological polar surface area (TPSA) is 58.0 Å². The van der Waals surface area contributed by atoms with Crippen LogP contribution in [0.15, 0.2) is 29.3 Å². The van der Waals surface area contributed by atoms with Crippen LogP contribution in [0.4, 0.5) is 5.95 Å². The monoisotopic (exact) mass is 175 g/mol. The number of imidazole rings is 1. The van der Waals surface area contributed by atoms with Crippen molar-refractivity contribution in [1.29, 1.82) is 0 Å². The van der Waals surface area contributed by atoms with Crippen molar-refractivity contribution in [3.8, 4) is 0 Å². The highest BCUT2D eigenvalue weighted by Crippen LogP contribution is 2.11. The van der Waals surface area contributed by atoms with E-state index in [0.717, 1.165) is 17.0 Å². The number of H-pyrrole nitrogens is 1. The van der Waals surface area contributed by atoms with Crippen LogP contribution >= 0.6 is 0 Å². The fourth-order valence-corrected chi connectivity index (χ4v) is 1.38. The standard InChI is InChI=1S/C9H10N4/c1-13-8-5-3-2-4-7(8)12-9(13)11-6-10/h2-6H,1H3,(H2,10,11,12)/p+1. The van der Waals surface area contributed by atoms with E-state index in [0.29, 0.717) is 0 Å². The van der Waals surface area contributed by atoms with Crippen molar-refractivity contribution in [2.75, 3.05) is 0 Å². The molecule has 66 valence electrons. The SMILES string of the molecule is C[n+]1c(N=CN)[nH]c2ccccc21. The molecule has 0 aliphatic rings. The summed E-state index contributed by atoms with van der Waals surface area (Å²) in [5.74, 6) is 0.753. The van der Waals surface area contributed by atoms with Gasteiger partial charge < -0.3 is 5.73 Å². The van der Waals surface area contributed by atoms with Crippen molar-refractivity contribution in [2.45, 2.75) is 0 Å². The number of para-hydroxylation sites is 2. The van der Waals surface area contributed by atoms with E-state index in [1.165, 1.54) is 6.34 Å². The van der Waals surface area contributed by atoms with E-state index < -0.39 is 0 Å². The Bertz CT molecular complexity index is 456. The van der Waals surface area contributed by atoms with Gasteiger partial charge in [0.15, 0.2) is 6.34 Å². The molecule has 4 heteroatoms. The van der Waals surface area contributed by atoms with Crippen LogP contribution < -0.4 is 10.3 Å². The lowest BCUT2D eigenvalue weighted by molar-refractivity contribution is -0.631. The normalized spacial score (nSPS) is 11.5. The third kappa shape index (κ3) is 1.16. The Morgan fingerprint density at radius 2 is 2.23 bits per heavy atom. The molecule has 2 rings (SSSR count). The van der Waals surface area contributed by atoms with Crippen LogP contribution in [0.25, 0.3) is 11.0 Å². The quantitative estimate of drug-likeness (QED) is 0.372. The number of aryl methyl sites for hydroxylation is 1. The Hall–Kier alpha value is -1.84. The second-order valence-electron chi connectivity index (χ2n) is 2.80. The van der Waals surface area contributed by atoms with E-state index in [4.69, 9.17) is 5.73 Å². The minimum absolute atomic E-state index is 0.753. The van der Waals surface area contributed by atoms with Gasteiger partial charge in [-0.2, -0.15) is 0 Å². The van der Waals surface area contributed by atoms with Crippen LogP contribution in [0.3, 0.4) is 0 Å². The van der Waals surface area contributed by atoms with E-state index in [9.17, 15) is 0 Å². The Morgan fingerprint density at radius 3 is 2.92 bits per heavy atom. The van der Waals surface area contributed by atoms with E-state index >= 15 is 0 Å². The van der Waals surface area contributed by atoms with Crippen LogP contribution in [0.1, 0.15) is 0 Å². The molecule has 0 atom stereocenters. The maximum atomic E-state index is 5.23. The van der Waals surface area contributed by atoms with Gasteiger partial charge in [-0.1, -0.05) is 17.1 Å². The molecule has 1 aromatic carbocycles. The molecule has 0 fully saturated rings. The highest BCUT2D eigenvalue weighted by atomic mass is 15.2. The number of aromatic nitrogens is 2. The third-order valence-corrected chi connectivity index (χ3v) is 2.03. The second kappa shape index (κ2) is 2.90. The number of hydrogen-bond acceptors (Lipinski definition) is 1. The van der Waals surface area contributed by atoms with Crippen LogP contribution in [0, 0.1) is 0 Å². The van der Waals surface area contributed by atoms with Gasteiger partial charge >= 0.3 is 5.95 Å². The summed E-state index contributed by atoms with van der Waals surface area (Å²) in [5.41, 5.74) is 7.40. The molecule has 0 aliphatic heterocycles. The van der Waals surface area contributed by atoms with Crippen molar-refractivity contribution >= 4 is 23.3 Å². The first-order valence-corrected chi connectivity index (χ1v) is 4.04. The molecule has 13 heavy (non-hydrogen) atoms. The lowest BCUT2D eigenvalue weighted by Crippen LogP contribution is -2.26. The number of fused-ring (bicyclic) bond motifs is 1. The van der Waals surface area contributed by atoms with Gasteiger partial charge in [0.2, 0.25) is 0 Å². The molecule has 1 aromatic heterocycles. The molecule has 2 aromatic rings. The molecule has 0 bridgehead atoms. The molecule has 0 radical (unpaired) electrons. The van der Waals surface area contributed by atoms with Gasteiger partial charge in [-0.25, -0.2) is 9.55 Å². The summed E-state index contributed by atoms with van der Waals surface area (Å²) in [7, 11) is 1.95. The lowest BCUT2D eigenvalue weighted by Gasteiger charge is -1.86. The number of nitrogens with zero attached hydrogens (tertiary/aromatic N) is 2. The summed E-state index contributed by atoms with van der Waals surface area (Å²) in [6.07, 6.45) is 1.28. The molecule has 0 saturated carbocycles. The van der Waals surface area contributed by atoms with E-state index in [1.807, 2.05) is 35.9 Å². The fourth-order valence-electron chi connectivity index (χ4n) is 1.38. The van der Waals surface area contributed by atoms with Gasteiger partial charge in [-0.3, -0.25) is 0 Å². The molecule has 3 N–H and O–H groups in total. The number of nitrogens with one attached hydrogen (secondary N) is 1. The summed E-state index contributed by atoms with van der Waals surface area (Å²) in [6.45, 7) is 0. The maximum Gasteiger partial charge on any atom is 0.398 e. The van der Waals surface area contributed by atoms with E-state index in [2.05, 4.69) is 9.98 Å². The van der Waals surface area contributed by atoms with Gasteiger partial charge in [-0.15, -0.1) is 0 Å². The first-order valence-electron chi connectivity index (χ1n) is 4.04. The smallest absolute Gasteiger partial charge is 0.376 e. The van der Waals surface area contributed by atoms with Gasteiger partial charge in [0, 0.05) is 0 Å². The maximum absolute atomic E-state index is 5.23. The largest absolute Gasteiger partial charge is 0.398 e. The molecule has 0 saturated heterocycles. The van der Waals surface area contributed by atoms with E-state index in [-0.39, 0.29) is 0 Å². The number of hydrogen-bond donors (Lipinski definition) is 2. The summed E-state index contributed by atoms with van der Waals surface area (Å²) >= 11 is 0. The highest BCUT2D eigenvalue weighted by molar-refractivity contribution is 5.72. The summed E-state index contributed by atoms with van der Waals surface area (Å²) in [4.78, 5) is 7.15. The Kier molecular flexibility index (Phi) is 1.73. The first-order chi connectivity index (χ1) is 6.33. The van der Waals surface area contributed by atoms with Crippen molar-refractivity contribution < 1.29 is 4.57 Å². The minimum atomic E-state index is 0.753. The number of rotatable bonds is 1. The Morgan fingerprint density at radius 1 is 1.46 bits per heavy atom. The first kappa shape index (κ1) is 7.79. The third-order valence-electron chi connectivity index (χ3n) is 2.03. The molecule has 1 heterocycles. The Labute approximate surface area is 75.7 Å². The predicted octanol–water partition coefficient (Wildman–Crippen LogP) is 0.611. The van der Waals surface area contributed by atoms with Crippen molar-refractivity contribution in [2.24, 2.45) is 17.8 Å². The van der Waals surface area contributed by atoms with E-state index in [1.54, 1.807) is 0 Å². The molecule has 0 spiro atoms. The van der Waals surface area contributed by atoms with Crippen LogP contribution in [0.5, 0.6) is 0 Å². The second-order valence-corrected chi connectivity index (χ2v) is 2.80. The lowest BCUT2D eigenvalue weighted by atomic mass is 10.3. The zero-order chi connectivity index (χ0) is 9.26. The number of aromatic amines is 1. The van der Waals surface area contributed by atoms with Crippen LogP contribution in [-0.4, -0.2) is 11.3 Å². The van der Waals surface area contributed by atoms with Crippen LogP contribution in [-0.2, 0) is 7.05 Å². The minimum Gasteiger partial charge on any atom is -0.376 e. The van der Waals surface area contributed by atoms with Gasteiger partial charge in [0.05, 0.1) is 7.05 Å². The predicted molar refractivity (Wildman–Crippen MR) is 51.8 cm³/mol. The molecule has 0 amide bonds. The number of aliphatic imine (C=N–C) groups is 1. The number of benzene rings is 1. The zero-order valence-corrected chi connectivity index (χ0v) is 7.36. The van der Waals surface area contributed by atoms with Gasteiger partial charge in [0.25, 0.3) is 0 Å². The highest BCUT2D eigenvalue weighted by Gasteiger charge is 2.11.